The first-order valence-corrected chi connectivity index (χ1v) is 6.14. The van der Waals surface area contributed by atoms with Crippen LogP contribution in [0.3, 0.4) is 0 Å². The summed E-state index contributed by atoms with van der Waals surface area (Å²) in [6.45, 7) is 3.55. The molecule has 0 fully saturated rings. The van der Waals surface area contributed by atoms with E-state index in [4.69, 9.17) is 0 Å². The van der Waals surface area contributed by atoms with E-state index in [2.05, 4.69) is 0 Å². The van der Waals surface area contributed by atoms with Gasteiger partial charge in [0.2, 0.25) is 0 Å². The van der Waals surface area contributed by atoms with Gasteiger partial charge in [0.15, 0.2) is 9.84 Å². The minimum absolute atomic E-state index is 0.0751. The molecule has 1 heterocycles. The highest BCUT2D eigenvalue weighted by Gasteiger charge is 2.12. The van der Waals surface area contributed by atoms with Crippen LogP contribution in [0.4, 0.5) is 0 Å². The lowest BCUT2D eigenvalue weighted by Crippen LogP contribution is -1.98. The first-order valence-electron chi connectivity index (χ1n) is 3.18. The monoisotopic (exact) mass is 190 g/mol. The molecule has 1 aliphatic rings. The van der Waals surface area contributed by atoms with Gasteiger partial charge >= 0.3 is 0 Å². The van der Waals surface area contributed by atoms with Crippen molar-refractivity contribution in [2.45, 2.75) is 13.8 Å². The third kappa shape index (κ3) is 1.81. The van der Waals surface area contributed by atoms with Gasteiger partial charge in [0.25, 0.3) is 0 Å². The fourth-order valence-electron chi connectivity index (χ4n) is 0.689. The smallest absolute Gasteiger partial charge is 0.196 e. The van der Waals surface area contributed by atoms with Gasteiger partial charge in [-0.25, -0.2) is 8.42 Å². The molecule has 0 aromatic heterocycles. The third-order valence-electron chi connectivity index (χ3n) is 1.41. The number of sulfone groups is 1. The summed E-state index contributed by atoms with van der Waals surface area (Å²) in [5.74, 6) is 0. The first-order chi connectivity index (χ1) is 5.06. The van der Waals surface area contributed by atoms with Crippen molar-refractivity contribution in [1.82, 2.24) is 0 Å². The molecular formula is C7H10O2S2. The number of rotatable bonds is 0. The predicted octanol–water partition coefficient (Wildman–Crippen LogP) is 1.84. The average Bonchev–Trinajstić information content (AvgIpc) is 1.95. The van der Waals surface area contributed by atoms with Crippen molar-refractivity contribution in [3.05, 3.63) is 21.1 Å². The van der Waals surface area contributed by atoms with Crippen LogP contribution in [0.2, 0.25) is 0 Å². The van der Waals surface area contributed by atoms with Crippen molar-refractivity contribution in [2.75, 3.05) is 0 Å². The van der Waals surface area contributed by atoms with Gasteiger partial charge in [-0.05, 0) is 24.7 Å². The largest absolute Gasteiger partial charge is 0.219 e. The minimum Gasteiger partial charge on any atom is -0.219 e. The summed E-state index contributed by atoms with van der Waals surface area (Å²) < 4.78 is 22.2. The zero-order valence-corrected chi connectivity index (χ0v) is 8.08. The maximum Gasteiger partial charge on any atom is 0.196 e. The molecule has 0 aliphatic carbocycles. The van der Waals surface area contributed by atoms with E-state index in [-0.39, 0.29) is 10.5 Å². The Kier molecular flexibility index (Phi) is 2.34. The molecule has 0 saturated carbocycles. The van der Waals surface area contributed by atoms with Crippen LogP contribution in [0.25, 0.3) is 0 Å². The molecule has 1 rings (SSSR count). The number of hydrogen-bond acceptors (Lipinski definition) is 2. The van der Waals surface area contributed by atoms with Gasteiger partial charge in [0, 0.05) is 5.41 Å². The van der Waals surface area contributed by atoms with Crippen LogP contribution in [-0.2, 0) is 9.84 Å². The van der Waals surface area contributed by atoms with Crippen molar-refractivity contribution in [3.63, 3.8) is 0 Å². The molecule has 1 aliphatic heterocycles. The second-order valence-electron chi connectivity index (χ2n) is 2.19. The molecule has 2 nitrogen and oxygen atoms in total. The molecule has 0 bridgehead atoms. The zero-order valence-electron chi connectivity index (χ0n) is 6.44. The SMILES string of the molecule is C/C=S1\C=CS(=O)(=O)C(C)=C1. The predicted molar refractivity (Wildman–Crippen MR) is 51.1 cm³/mol. The highest BCUT2D eigenvalue weighted by Crippen LogP contribution is 2.27. The van der Waals surface area contributed by atoms with E-state index in [1.54, 1.807) is 17.7 Å². The summed E-state index contributed by atoms with van der Waals surface area (Å²) in [7, 11) is -3.11. The van der Waals surface area contributed by atoms with Crippen LogP contribution in [0, 0.1) is 0 Å². The second kappa shape index (κ2) is 2.95. The molecule has 0 spiro atoms. The van der Waals surface area contributed by atoms with Crippen molar-refractivity contribution in [1.29, 1.82) is 0 Å². The van der Waals surface area contributed by atoms with E-state index in [0.717, 1.165) is 0 Å². The Morgan fingerprint density at radius 1 is 1.55 bits per heavy atom. The highest BCUT2D eigenvalue weighted by molar-refractivity contribution is 8.21. The molecule has 11 heavy (non-hydrogen) atoms. The normalized spacial score (nSPS) is 28.5. The highest BCUT2D eigenvalue weighted by atomic mass is 32.2. The van der Waals surface area contributed by atoms with Crippen molar-refractivity contribution in [3.8, 4) is 0 Å². The van der Waals surface area contributed by atoms with E-state index < -0.39 is 9.84 Å². The van der Waals surface area contributed by atoms with Crippen molar-refractivity contribution in [2.24, 2.45) is 0 Å². The van der Waals surface area contributed by atoms with Gasteiger partial charge in [-0.2, -0.15) is 0 Å². The third-order valence-corrected chi connectivity index (χ3v) is 4.87. The molecule has 0 saturated heterocycles. The maximum atomic E-state index is 11.1. The van der Waals surface area contributed by atoms with Crippen LogP contribution < -0.4 is 0 Å². The Hall–Kier alpha value is -0.350. The van der Waals surface area contributed by atoms with Crippen LogP contribution in [-0.4, -0.2) is 13.8 Å². The topological polar surface area (TPSA) is 34.1 Å². The van der Waals surface area contributed by atoms with Gasteiger partial charge in [0.1, 0.15) is 0 Å². The summed E-state index contributed by atoms with van der Waals surface area (Å²) in [4.78, 5) is 0.460. The van der Waals surface area contributed by atoms with E-state index in [1.165, 1.54) is 5.41 Å². The van der Waals surface area contributed by atoms with Crippen molar-refractivity contribution >= 4 is 25.7 Å². The summed E-state index contributed by atoms with van der Waals surface area (Å²) in [5.41, 5.74) is 0. The Bertz CT molecular complexity index is 345. The van der Waals surface area contributed by atoms with Gasteiger partial charge in [-0.15, -0.1) is 10.5 Å². The van der Waals surface area contributed by atoms with E-state index in [9.17, 15) is 8.42 Å². The Morgan fingerprint density at radius 3 is 2.64 bits per heavy atom. The van der Waals surface area contributed by atoms with Crippen LogP contribution in [0.1, 0.15) is 13.8 Å². The van der Waals surface area contributed by atoms with Crippen LogP contribution in [0.15, 0.2) is 21.1 Å². The Morgan fingerprint density at radius 2 is 2.18 bits per heavy atom. The lowest BCUT2D eigenvalue weighted by Gasteiger charge is -2.05. The van der Waals surface area contributed by atoms with Crippen LogP contribution >= 0.6 is 10.5 Å². The molecule has 0 radical (unpaired) electrons. The summed E-state index contributed by atoms with van der Waals surface area (Å²) in [6, 6.07) is 0. The maximum absolute atomic E-state index is 11.1. The van der Waals surface area contributed by atoms with Gasteiger partial charge in [-0.1, -0.05) is 5.37 Å². The second-order valence-corrected chi connectivity index (χ2v) is 5.99. The molecule has 0 amide bonds. The molecule has 1 atom stereocenters. The molecule has 4 heteroatoms. The molecule has 1 unspecified atom stereocenters. The quantitative estimate of drug-likeness (QED) is 0.546. The Balaban J connectivity index is 3.19. The average molecular weight is 190 g/mol. The number of hydrogen-bond donors (Lipinski definition) is 0. The van der Waals surface area contributed by atoms with E-state index in [0.29, 0.717) is 4.91 Å². The molecule has 0 N–H and O–H groups in total. The fourth-order valence-corrected chi connectivity index (χ4v) is 3.63. The molecule has 62 valence electrons. The lowest BCUT2D eigenvalue weighted by molar-refractivity contribution is 0.610. The minimum atomic E-state index is -3.04. The van der Waals surface area contributed by atoms with Crippen molar-refractivity contribution < 1.29 is 8.42 Å². The van der Waals surface area contributed by atoms with Gasteiger partial charge < -0.3 is 0 Å². The summed E-state index contributed by atoms with van der Waals surface area (Å²) in [5, 5.41) is 6.75. The van der Waals surface area contributed by atoms with E-state index in [1.807, 2.05) is 12.3 Å². The van der Waals surface area contributed by atoms with E-state index >= 15 is 0 Å². The fraction of sp³-hybridized carbons (Fsp3) is 0.286. The molecular weight excluding hydrogens is 180 g/mol. The summed E-state index contributed by atoms with van der Waals surface area (Å²) >= 11 is 0. The Labute approximate surface area is 69.5 Å². The zero-order chi connectivity index (χ0) is 8.48. The summed E-state index contributed by atoms with van der Waals surface area (Å²) in [6.07, 6.45) is 0. The van der Waals surface area contributed by atoms with Gasteiger partial charge in [-0.3, -0.25) is 0 Å². The standard InChI is InChI=1S/C7H10O2S2/c1-3-10-4-5-11(8,9)7(2)6-10/h3-6H,1-2H3. The number of allylic oxidation sites excluding steroid dienone is 1. The first kappa shape index (κ1) is 8.74. The van der Waals surface area contributed by atoms with Crippen LogP contribution in [0.5, 0.6) is 0 Å². The molecule has 0 aromatic carbocycles. The van der Waals surface area contributed by atoms with Gasteiger partial charge in [0.05, 0.1) is 4.91 Å². The lowest BCUT2D eigenvalue weighted by atomic mass is 10.8. The molecule has 0 aromatic rings.